The average Bonchev–Trinajstić information content (AvgIpc) is 2.70. The molecule has 0 bridgehead atoms. The predicted octanol–water partition coefficient (Wildman–Crippen LogP) is 2.48. The van der Waals surface area contributed by atoms with Crippen molar-refractivity contribution in [3.63, 3.8) is 0 Å². The summed E-state index contributed by atoms with van der Waals surface area (Å²) in [6, 6.07) is 9.51. The molecule has 1 heterocycles. The fourth-order valence-corrected chi connectivity index (χ4v) is 2.98. The number of carbonyl (C=O) groups excluding carboxylic acids is 3. The minimum absolute atomic E-state index is 0.0240. The lowest BCUT2D eigenvalue weighted by atomic mass is 10.00. The molecule has 0 N–H and O–H groups in total. The van der Waals surface area contributed by atoms with Gasteiger partial charge in [0.25, 0.3) is 0 Å². The smallest absolute Gasteiger partial charge is 0.331 e. The van der Waals surface area contributed by atoms with E-state index in [1.54, 1.807) is 17.1 Å². The molecule has 1 aliphatic heterocycles. The second-order valence-electron chi connectivity index (χ2n) is 6.56. The number of ether oxygens (including phenoxy) is 2. The average molecular weight is 385 g/mol. The van der Waals surface area contributed by atoms with Gasteiger partial charge in [0.2, 0.25) is 5.91 Å². The Kier molecular flexibility index (Phi) is 9.15. The van der Waals surface area contributed by atoms with E-state index in [0.29, 0.717) is 19.4 Å². The van der Waals surface area contributed by atoms with Gasteiger partial charge in [-0.15, -0.1) is 0 Å². The van der Waals surface area contributed by atoms with E-state index >= 15 is 0 Å². The van der Waals surface area contributed by atoms with Crippen LogP contribution in [0.25, 0.3) is 0 Å². The predicted molar refractivity (Wildman–Crippen MR) is 106 cm³/mol. The Morgan fingerprint density at radius 2 is 2.00 bits per heavy atom. The number of amides is 1. The maximum atomic E-state index is 12.3. The first-order valence-corrected chi connectivity index (χ1v) is 9.44. The van der Waals surface area contributed by atoms with E-state index in [1.807, 2.05) is 42.5 Å². The van der Waals surface area contributed by atoms with E-state index < -0.39 is 5.97 Å². The fraction of sp³-hybridized carbons (Fsp3) is 0.409. The van der Waals surface area contributed by atoms with E-state index in [9.17, 15) is 14.4 Å². The lowest BCUT2D eigenvalue weighted by Gasteiger charge is -2.33. The van der Waals surface area contributed by atoms with Crippen LogP contribution in [0.3, 0.4) is 0 Å². The zero-order chi connectivity index (χ0) is 20.2. The zero-order valence-electron chi connectivity index (χ0n) is 16.2. The first kappa shape index (κ1) is 21.6. The molecule has 1 aromatic rings. The van der Waals surface area contributed by atoms with E-state index in [-0.39, 0.29) is 30.9 Å². The third kappa shape index (κ3) is 7.48. The standard InChI is InChI=1S/C22H27NO5/c1-27-22(26)17-28-15-6-5-14-23-19(10-7-11-21(23)25)12-13-20(24)16-18-8-3-2-4-9-18/h2-6,8-9,12-13,19H,7,10-11,14-17H2,1H3/t19-/m1/s1. The van der Waals surface area contributed by atoms with E-state index in [0.717, 1.165) is 18.4 Å². The highest BCUT2D eigenvalue weighted by Gasteiger charge is 2.25. The van der Waals surface area contributed by atoms with Crippen molar-refractivity contribution in [2.75, 3.05) is 26.9 Å². The molecule has 2 rings (SSSR count). The summed E-state index contributed by atoms with van der Waals surface area (Å²) in [4.78, 5) is 37.2. The summed E-state index contributed by atoms with van der Waals surface area (Å²) in [7, 11) is 1.31. The number of hydrogen-bond donors (Lipinski definition) is 0. The monoisotopic (exact) mass is 385 g/mol. The number of hydrogen-bond acceptors (Lipinski definition) is 5. The van der Waals surface area contributed by atoms with Gasteiger partial charge in [-0.05, 0) is 24.5 Å². The molecule has 150 valence electrons. The van der Waals surface area contributed by atoms with E-state index in [4.69, 9.17) is 4.74 Å². The number of piperidine rings is 1. The Bertz CT molecular complexity index is 711. The van der Waals surface area contributed by atoms with Gasteiger partial charge in [0.15, 0.2) is 5.78 Å². The number of benzene rings is 1. The number of nitrogens with zero attached hydrogens (tertiary/aromatic N) is 1. The molecule has 1 aliphatic rings. The number of carbonyl (C=O) groups is 3. The highest BCUT2D eigenvalue weighted by atomic mass is 16.6. The molecule has 0 spiro atoms. The third-order valence-corrected chi connectivity index (χ3v) is 4.47. The van der Waals surface area contributed by atoms with Gasteiger partial charge in [0, 0.05) is 19.4 Å². The summed E-state index contributed by atoms with van der Waals surface area (Å²) in [6.07, 6.45) is 9.58. The Labute approximate surface area is 165 Å². The molecular formula is C22H27NO5. The minimum atomic E-state index is -0.426. The molecule has 6 heteroatoms. The Morgan fingerprint density at radius 3 is 2.75 bits per heavy atom. The van der Waals surface area contributed by atoms with Gasteiger partial charge in [-0.1, -0.05) is 48.6 Å². The molecule has 0 aliphatic carbocycles. The molecule has 1 amide bonds. The SMILES string of the molecule is COC(=O)COCC=CCN1C(=O)CCC[C@@H]1C=CC(=O)Cc1ccccc1. The summed E-state index contributed by atoms with van der Waals surface area (Å²) in [5, 5.41) is 0. The summed E-state index contributed by atoms with van der Waals surface area (Å²) in [5.41, 5.74) is 0.976. The van der Waals surface area contributed by atoms with Crippen LogP contribution in [0.5, 0.6) is 0 Å². The maximum absolute atomic E-state index is 12.3. The Hall–Kier alpha value is -2.73. The van der Waals surface area contributed by atoms with Crippen molar-refractivity contribution in [1.82, 2.24) is 4.90 Å². The van der Waals surface area contributed by atoms with Gasteiger partial charge >= 0.3 is 5.97 Å². The lowest BCUT2D eigenvalue weighted by molar-refractivity contribution is -0.145. The van der Waals surface area contributed by atoms with Gasteiger partial charge < -0.3 is 14.4 Å². The van der Waals surface area contributed by atoms with Gasteiger partial charge in [0.1, 0.15) is 6.61 Å². The number of methoxy groups -OCH3 is 1. The molecule has 1 atom stereocenters. The molecule has 1 aromatic carbocycles. The van der Waals surface area contributed by atoms with Crippen LogP contribution in [-0.4, -0.2) is 55.5 Å². The summed E-state index contributed by atoms with van der Waals surface area (Å²) in [5.74, 6) is -0.322. The lowest BCUT2D eigenvalue weighted by Crippen LogP contribution is -2.42. The van der Waals surface area contributed by atoms with Crippen LogP contribution in [0.2, 0.25) is 0 Å². The van der Waals surface area contributed by atoms with E-state index in [1.165, 1.54) is 7.11 Å². The zero-order valence-corrected chi connectivity index (χ0v) is 16.2. The van der Waals surface area contributed by atoms with Crippen molar-refractivity contribution in [3.8, 4) is 0 Å². The Morgan fingerprint density at radius 1 is 1.21 bits per heavy atom. The molecule has 28 heavy (non-hydrogen) atoms. The van der Waals surface area contributed by atoms with Crippen molar-refractivity contribution in [1.29, 1.82) is 0 Å². The van der Waals surface area contributed by atoms with Gasteiger partial charge in [0.05, 0.1) is 19.8 Å². The first-order chi connectivity index (χ1) is 13.6. The molecule has 1 fully saturated rings. The first-order valence-electron chi connectivity index (χ1n) is 9.44. The van der Waals surface area contributed by atoms with Crippen molar-refractivity contribution in [2.24, 2.45) is 0 Å². The van der Waals surface area contributed by atoms with Crippen molar-refractivity contribution >= 4 is 17.7 Å². The second-order valence-corrected chi connectivity index (χ2v) is 6.56. The molecule has 0 aromatic heterocycles. The quantitative estimate of drug-likeness (QED) is 0.268. The largest absolute Gasteiger partial charge is 0.467 e. The van der Waals surface area contributed by atoms with Crippen LogP contribution in [0.1, 0.15) is 24.8 Å². The van der Waals surface area contributed by atoms with Crippen molar-refractivity contribution in [3.05, 3.63) is 60.2 Å². The number of ketones is 1. The van der Waals surface area contributed by atoms with Gasteiger partial charge in [-0.3, -0.25) is 9.59 Å². The topological polar surface area (TPSA) is 72.9 Å². The number of rotatable bonds is 10. The van der Waals surface area contributed by atoms with Crippen LogP contribution in [-0.2, 0) is 30.3 Å². The van der Waals surface area contributed by atoms with Crippen LogP contribution in [0, 0.1) is 0 Å². The molecule has 0 saturated carbocycles. The molecule has 6 nitrogen and oxygen atoms in total. The van der Waals surface area contributed by atoms with Gasteiger partial charge in [-0.2, -0.15) is 0 Å². The third-order valence-electron chi connectivity index (χ3n) is 4.47. The van der Waals surface area contributed by atoms with E-state index in [2.05, 4.69) is 4.74 Å². The van der Waals surface area contributed by atoms with Crippen molar-refractivity contribution in [2.45, 2.75) is 31.7 Å². The fourth-order valence-electron chi connectivity index (χ4n) is 2.98. The molecule has 1 saturated heterocycles. The van der Waals surface area contributed by atoms with Crippen LogP contribution in [0.4, 0.5) is 0 Å². The maximum Gasteiger partial charge on any atom is 0.331 e. The summed E-state index contributed by atoms with van der Waals surface area (Å²) in [6.45, 7) is 0.619. The molecule has 0 radical (unpaired) electrons. The number of likely N-dealkylation sites (tertiary alicyclic amines) is 1. The molecular weight excluding hydrogens is 358 g/mol. The molecule has 0 unspecified atom stereocenters. The minimum Gasteiger partial charge on any atom is -0.467 e. The van der Waals surface area contributed by atoms with Crippen LogP contribution >= 0.6 is 0 Å². The summed E-state index contributed by atoms with van der Waals surface area (Å²) < 4.78 is 9.63. The summed E-state index contributed by atoms with van der Waals surface area (Å²) >= 11 is 0. The second kappa shape index (κ2) is 11.9. The van der Waals surface area contributed by atoms with Crippen LogP contribution < -0.4 is 0 Å². The number of allylic oxidation sites excluding steroid dienone is 1. The number of esters is 1. The normalized spacial score (nSPS) is 17.4. The van der Waals surface area contributed by atoms with Crippen molar-refractivity contribution < 1.29 is 23.9 Å². The highest BCUT2D eigenvalue weighted by molar-refractivity contribution is 5.91. The Balaban J connectivity index is 1.84. The highest BCUT2D eigenvalue weighted by Crippen LogP contribution is 2.19. The van der Waals surface area contributed by atoms with Gasteiger partial charge in [-0.25, -0.2) is 4.79 Å². The van der Waals surface area contributed by atoms with Crippen LogP contribution in [0.15, 0.2) is 54.6 Å².